The van der Waals surface area contributed by atoms with E-state index in [0.717, 1.165) is 0 Å². The Bertz CT molecular complexity index is 740. The highest BCUT2D eigenvalue weighted by atomic mass is 32.2. The van der Waals surface area contributed by atoms with Gasteiger partial charge in [-0.3, -0.25) is 9.53 Å². The molecule has 3 rings (SSSR count). The number of aliphatic hydroxyl groups is 1. The van der Waals surface area contributed by atoms with Gasteiger partial charge in [-0.25, -0.2) is 9.11 Å². The van der Waals surface area contributed by atoms with E-state index in [1.807, 2.05) is 0 Å². The minimum absolute atomic E-state index is 0.00141. The molecule has 31 heavy (non-hydrogen) atoms. The first kappa shape index (κ1) is 24.6. The molecule has 0 aromatic heterocycles. The first-order chi connectivity index (χ1) is 14.5. The fraction of sp³-hybridized carbons (Fsp3) is 0.941. The van der Waals surface area contributed by atoms with Crippen LogP contribution in [-0.4, -0.2) is 87.4 Å². The van der Waals surface area contributed by atoms with E-state index in [0.29, 0.717) is 30.1 Å². The molecular weight excluding hydrogens is 450 g/mol. The van der Waals surface area contributed by atoms with Crippen molar-refractivity contribution in [1.82, 2.24) is 14.3 Å². The Labute approximate surface area is 177 Å². The highest BCUT2D eigenvalue weighted by Crippen LogP contribution is 2.45. The van der Waals surface area contributed by atoms with Crippen LogP contribution in [0.3, 0.4) is 0 Å². The van der Waals surface area contributed by atoms with Crippen molar-refractivity contribution in [2.24, 2.45) is 11.8 Å². The molecular formula is C17H27F4N3O6S. The lowest BCUT2D eigenvalue weighted by molar-refractivity contribution is -0.323. The second kappa shape index (κ2) is 9.83. The molecule has 9 nitrogen and oxygen atoms in total. The number of amides is 1. The molecule has 3 N–H and O–H groups in total. The van der Waals surface area contributed by atoms with Gasteiger partial charge < -0.3 is 15.2 Å². The molecule has 6 atom stereocenters. The minimum Gasteiger partial charge on any atom is -0.391 e. The molecule has 2 saturated carbocycles. The molecule has 3 aliphatic rings. The van der Waals surface area contributed by atoms with Gasteiger partial charge in [0.15, 0.2) is 0 Å². The first-order valence-corrected chi connectivity index (χ1v) is 11.6. The predicted octanol–water partition coefficient (Wildman–Crippen LogP) is 0.0618. The lowest BCUT2D eigenvalue weighted by atomic mass is 9.66. The molecule has 180 valence electrons. The summed E-state index contributed by atoms with van der Waals surface area (Å²) in [6.07, 6.45) is -5.98. The summed E-state index contributed by atoms with van der Waals surface area (Å²) >= 11 is 0. The van der Waals surface area contributed by atoms with E-state index in [9.17, 15) is 31.5 Å². The van der Waals surface area contributed by atoms with E-state index in [1.165, 1.54) is 0 Å². The summed E-state index contributed by atoms with van der Waals surface area (Å²) in [5, 5.41) is 13.2. The van der Waals surface area contributed by atoms with Crippen molar-refractivity contribution in [2.75, 3.05) is 32.8 Å². The third kappa shape index (κ3) is 6.26. The van der Waals surface area contributed by atoms with Crippen LogP contribution in [0.25, 0.3) is 0 Å². The summed E-state index contributed by atoms with van der Waals surface area (Å²) < 4.78 is 87.1. The highest BCUT2D eigenvalue weighted by molar-refractivity contribution is 7.88. The number of fused-ring (bicyclic) bond motifs is 1. The van der Waals surface area contributed by atoms with Crippen molar-refractivity contribution in [1.29, 1.82) is 0 Å². The smallest absolute Gasteiger partial charge is 0.391 e. The van der Waals surface area contributed by atoms with E-state index in [2.05, 4.69) is 10.1 Å². The Kier molecular flexibility index (Phi) is 7.79. The van der Waals surface area contributed by atoms with Gasteiger partial charge in [0, 0.05) is 13.1 Å². The SMILES string of the molecule is O=C1CN(C2C(O)CC3CCC(OCCNCCOC(F)(F)F)CC3C2F)S(=O)(=O)N1. The fourth-order valence-corrected chi connectivity index (χ4v) is 6.05. The lowest BCUT2D eigenvalue weighted by Gasteiger charge is -2.47. The fourth-order valence-electron chi connectivity index (χ4n) is 4.72. The number of nitrogens with zero attached hydrogens (tertiary/aromatic N) is 1. The summed E-state index contributed by atoms with van der Waals surface area (Å²) in [6, 6.07) is -1.33. The van der Waals surface area contributed by atoms with Crippen LogP contribution >= 0.6 is 0 Å². The maximum atomic E-state index is 15.4. The maximum absolute atomic E-state index is 15.4. The van der Waals surface area contributed by atoms with E-state index in [-0.39, 0.29) is 31.6 Å². The molecule has 0 spiro atoms. The average molecular weight is 477 g/mol. The summed E-state index contributed by atoms with van der Waals surface area (Å²) in [5.41, 5.74) is 0. The van der Waals surface area contributed by atoms with Crippen LogP contribution in [0.15, 0.2) is 0 Å². The van der Waals surface area contributed by atoms with Crippen LogP contribution in [0, 0.1) is 11.8 Å². The number of halogens is 4. The van der Waals surface area contributed by atoms with Gasteiger partial charge in [-0.2, -0.15) is 12.7 Å². The Hall–Kier alpha value is -1.06. The average Bonchev–Trinajstić information content (AvgIpc) is 2.92. The molecule has 1 heterocycles. The van der Waals surface area contributed by atoms with Crippen molar-refractivity contribution in [3.8, 4) is 0 Å². The van der Waals surface area contributed by atoms with Gasteiger partial charge in [0.05, 0.1) is 38.0 Å². The zero-order valence-electron chi connectivity index (χ0n) is 16.7. The monoisotopic (exact) mass is 477 g/mol. The Morgan fingerprint density at radius 3 is 2.55 bits per heavy atom. The van der Waals surface area contributed by atoms with E-state index in [4.69, 9.17) is 4.74 Å². The lowest BCUT2D eigenvalue weighted by Crippen LogP contribution is -2.59. The zero-order valence-corrected chi connectivity index (χ0v) is 17.5. The Morgan fingerprint density at radius 2 is 1.90 bits per heavy atom. The summed E-state index contributed by atoms with van der Waals surface area (Å²) in [4.78, 5) is 11.5. The molecule has 0 bridgehead atoms. The van der Waals surface area contributed by atoms with Gasteiger partial charge in [0.2, 0.25) is 5.91 Å². The topological polar surface area (TPSA) is 117 Å². The third-order valence-electron chi connectivity index (χ3n) is 6.03. The number of rotatable bonds is 8. The standard InChI is InChI=1S/C17H27F4N3O6S/c18-15-12-8-11(29-5-3-22-4-6-30-17(19,20)21)2-1-10(12)7-13(25)16(15)24-9-14(26)23-31(24,27)28/h10-13,15-16,22,25H,1-9H2,(H,23,26). The number of hydrogen-bond acceptors (Lipinski definition) is 7. The normalized spacial score (nSPS) is 36.2. The Balaban J connectivity index is 1.47. The van der Waals surface area contributed by atoms with Crippen molar-refractivity contribution in [2.45, 2.75) is 56.5 Å². The molecule has 3 fully saturated rings. The van der Waals surface area contributed by atoms with Crippen LogP contribution in [0.1, 0.15) is 25.7 Å². The first-order valence-electron chi connectivity index (χ1n) is 10.2. The van der Waals surface area contributed by atoms with Gasteiger partial charge in [-0.15, -0.1) is 13.2 Å². The van der Waals surface area contributed by atoms with Gasteiger partial charge in [0.1, 0.15) is 6.17 Å². The maximum Gasteiger partial charge on any atom is 0.522 e. The molecule has 1 saturated heterocycles. The molecule has 0 radical (unpaired) electrons. The van der Waals surface area contributed by atoms with Crippen LogP contribution in [0.4, 0.5) is 17.6 Å². The van der Waals surface area contributed by atoms with E-state index in [1.54, 1.807) is 4.72 Å². The van der Waals surface area contributed by atoms with Gasteiger partial charge in [-0.1, -0.05) is 0 Å². The van der Waals surface area contributed by atoms with Gasteiger partial charge in [-0.05, 0) is 37.5 Å². The zero-order chi connectivity index (χ0) is 22.8. The number of nitrogens with one attached hydrogen (secondary N) is 2. The molecule has 0 aromatic carbocycles. The number of aliphatic hydroxyl groups excluding tert-OH is 1. The van der Waals surface area contributed by atoms with Crippen molar-refractivity contribution < 1.29 is 45.4 Å². The number of carbonyl (C=O) groups is 1. The predicted molar refractivity (Wildman–Crippen MR) is 98.5 cm³/mol. The van der Waals surface area contributed by atoms with E-state index < -0.39 is 59.9 Å². The summed E-state index contributed by atoms with van der Waals surface area (Å²) in [5.74, 6) is -1.40. The van der Waals surface area contributed by atoms with Crippen molar-refractivity contribution >= 4 is 16.1 Å². The largest absolute Gasteiger partial charge is 0.522 e. The number of hydrogen-bond donors (Lipinski definition) is 3. The summed E-state index contributed by atoms with van der Waals surface area (Å²) in [7, 11) is -4.17. The van der Waals surface area contributed by atoms with E-state index >= 15 is 4.39 Å². The highest BCUT2D eigenvalue weighted by Gasteiger charge is 2.53. The molecule has 1 amide bonds. The van der Waals surface area contributed by atoms with Gasteiger partial charge >= 0.3 is 16.6 Å². The second-order valence-corrected chi connectivity index (χ2v) is 9.71. The Morgan fingerprint density at radius 1 is 1.19 bits per heavy atom. The molecule has 6 unspecified atom stereocenters. The molecule has 2 aliphatic carbocycles. The van der Waals surface area contributed by atoms with Crippen LogP contribution in [-0.2, 0) is 24.5 Å². The minimum atomic E-state index is -4.66. The van der Waals surface area contributed by atoms with Crippen LogP contribution in [0.5, 0.6) is 0 Å². The van der Waals surface area contributed by atoms with Crippen LogP contribution < -0.4 is 10.0 Å². The molecule has 1 aliphatic heterocycles. The number of ether oxygens (including phenoxy) is 2. The second-order valence-electron chi connectivity index (χ2n) is 8.09. The third-order valence-corrected chi connectivity index (χ3v) is 7.51. The number of carbonyl (C=O) groups excluding carboxylic acids is 1. The van der Waals surface area contributed by atoms with Crippen molar-refractivity contribution in [3.63, 3.8) is 0 Å². The van der Waals surface area contributed by atoms with Crippen molar-refractivity contribution in [3.05, 3.63) is 0 Å². The van der Waals surface area contributed by atoms with Gasteiger partial charge in [0.25, 0.3) is 0 Å². The molecule has 14 heteroatoms. The quantitative estimate of drug-likeness (QED) is 0.334. The molecule has 0 aromatic rings. The number of alkyl halides is 4. The summed E-state index contributed by atoms with van der Waals surface area (Å²) in [6.45, 7) is -0.518. The van der Waals surface area contributed by atoms with Crippen LogP contribution in [0.2, 0.25) is 0 Å².